The molecule has 1 aromatic carbocycles. The Labute approximate surface area is 131 Å². The number of benzene rings is 1. The molecule has 4 nitrogen and oxygen atoms in total. The zero-order valence-electron chi connectivity index (χ0n) is 13.6. The number of hydrogen-bond acceptors (Lipinski definition) is 2. The Morgan fingerprint density at radius 3 is 2.77 bits per heavy atom. The SMILES string of the molecule is CC(C)(C)OC(=O)N1CCCC(n2ccc3ccccc32)C1. The molecule has 1 saturated heterocycles. The van der Waals surface area contributed by atoms with E-state index in [9.17, 15) is 4.79 Å². The second-order valence-electron chi connectivity index (χ2n) is 7.00. The van der Waals surface area contributed by atoms with Gasteiger partial charge in [0.05, 0.1) is 6.04 Å². The number of ether oxygens (including phenoxy) is 1. The van der Waals surface area contributed by atoms with Gasteiger partial charge in [0.15, 0.2) is 0 Å². The topological polar surface area (TPSA) is 34.5 Å². The molecule has 0 N–H and O–H groups in total. The first-order valence-corrected chi connectivity index (χ1v) is 7.97. The number of hydrogen-bond donors (Lipinski definition) is 0. The van der Waals surface area contributed by atoms with Crippen molar-refractivity contribution >= 4 is 17.0 Å². The van der Waals surface area contributed by atoms with Crippen molar-refractivity contribution in [1.29, 1.82) is 0 Å². The van der Waals surface area contributed by atoms with E-state index in [4.69, 9.17) is 4.74 Å². The van der Waals surface area contributed by atoms with Crippen molar-refractivity contribution in [1.82, 2.24) is 9.47 Å². The summed E-state index contributed by atoms with van der Waals surface area (Å²) < 4.78 is 7.81. The third-order valence-corrected chi connectivity index (χ3v) is 4.07. The Morgan fingerprint density at radius 2 is 2.00 bits per heavy atom. The van der Waals surface area contributed by atoms with Crippen LogP contribution in [0.5, 0.6) is 0 Å². The van der Waals surface area contributed by atoms with Gasteiger partial charge < -0.3 is 14.2 Å². The van der Waals surface area contributed by atoms with Crippen molar-refractivity contribution in [3.63, 3.8) is 0 Å². The third-order valence-electron chi connectivity index (χ3n) is 4.07. The molecule has 22 heavy (non-hydrogen) atoms. The Bertz CT molecular complexity index is 669. The maximum absolute atomic E-state index is 12.3. The molecule has 0 bridgehead atoms. The second kappa shape index (κ2) is 5.67. The molecule has 2 aromatic rings. The number of amides is 1. The maximum atomic E-state index is 12.3. The van der Waals surface area contributed by atoms with Crippen LogP contribution in [0, 0.1) is 0 Å². The second-order valence-corrected chi connectivity index (χ2v) is 7.00. The van der Waals surface area contributed by atoms with Crippen LogP contribution in [0.2, 0.25) is 0 Å². The van der Waals surface area contributed by atoms with Crippen LogP contribution in [-0.2, 0) is 4.74 Å². The summed E-state index contributed by atoms with van der Waals surface area (Å²) in [5.74, 6) is 0. The molecule has 2 heterocycles. The highest BCUT2D eigenvalue weighted by Crippen LogP contribution is 2.27. The average Bonchev–Trinajstić information content (AvgIpc) is 2.89. The molecule has 118 valence electrons. The highest BCUT2D eigenvalue weighted by atomic mass is 16.6. The summed E-state index contributed by atoms with van der Waals surface area (Å²) in [5, 5.41) is 1.25. The van der Waals surface area contributed by atoms with E-state index in [1.807, 2.05) is 25.7 Å². The van der Waals surface area contributed by atoms with Crippen molar-refractivity contribution in [2.24, 2.45) is 0 Å². The number of nitrogens with zero attached hydrogens (tertiary/aromatic N) is 2. The Kier molecular flexibility index (Phi) is 3.85. The van der Waals surface area contributed by atoms with E-state index in [1.165, 1.54) is 10.9 Å². The van der Waals surface area contributed by atoms with Crippen LogP contribution in [0.25, 0.3) is 10.9 Å². The fourth-order valence-electron chi connectivity index (χ4n) is 3.10. The molecule has 1 amide bonds. The molecule has 1 atom stereocenters. The number of aromatic nitrogens is 1. The third kappa shape index (κ3) is 3.11. The number of carbonyl (C=O) groups is 1. The first-order chi connectivity index (χ1) is 10.4. The minimum absolute atomic E-state index is 0.200. The quantitative estimate of drug-likeness (QED) is 0.790. The maximum Gasteiger partial charge on any atom is 0.410 e. The van der Waals surface area contributed by atoms with Gasteiger partial charge in [0.1, 0.15) is 5.60 Å². The average molecular weight is 300 g/mol. The van der Waals surface area contributed by atoms with Gasteiger partial charge in [-0.2, -0.15) is 0 Å². The largest absolute Gasteiger partial charge is 0.444 e. The number of carbonyl (C=O) groups excluding carboxylic acids is 1. The number of para-hydroxylation sites is 1. The summed E-state index contributed by atoms with van der Waals surface area (Å²) >= 11 is 0. The van der Waals surface area contributed by atoms with Crippen LogP contribution in [0.1, 0.15) is 39.7 Å². The lowest BCUT2D eigenvalue weighted by Crippen LogP contribution is -2.43. The number of piperidine rings is 1. The predicted octanol–water partition coefficient (Wildman–Crippen LogP) is 4.21. The summed E-state index contributed by atoms with van der Waals surface area (Å²) in [7, 11) is 0. The van der Waals surface area contributed by atoms with Gasteiger partial charge in [-0.1, -0.05) is 18.2 Å². The molecular weight excluding hydrogens is 276 g/mol. The summed E-state index contributed by atoms with van der Waals surface area (Å²) in [6, 6.07) is 10.8. The van der Waals surface area contributed by atoms with Crippen LogP contribution in [-0.4, -0.2) is 34.3 Å². The predicted molar refractivity (Wildman–Crippen MR) is 88.0 cm³/mol. The van der Waals surface area contributed by atoms with Crippen molar-refractivity contribution in [2.45, 2.75) is 45.3 Å². The first kappa shape index (κ1) is 14.9. The van der Waals surface area contributed by atoms with Gasteiger partial charge in [0.2, 0.25) is 0 Å². The monoisotopic (exact) mass is 300 g/mol. The summed E-state index contributed by atoms with van der Waals surface area (Å²) in [6.45, 7) is 7.22. The van der Waals surface area contributed by atoms with Crippen molar-refractivity contribution in [2.75, 3.05) is 13.1 Å². The molecule has 0 aliphatic carbocycles. The minimum atomic E-state index is -0.440. The zero-order chi connectivity index (χ0) is 15.7. The lowest BCUT2D eigenvalue weighted by molar-refractivity contribution is 0.0174. The molecule has 0 saturated carbocycles. The molecule has 4 heteroatoms. The minimum Gasteiger partial charge on any atom is -0.444 e. The highest BCUT2D eigenvalue weighted by molar-refractivity contribution is 5.80. The summed E-state index contributed by atoms with van der Waals surface area (Å²) in [4.78, 5) is 14.1. The van der Waals surface area contributed by atoms with Crippen molar-refractivity contribution in [3.05, 3.63) is 36.5 Å². The molecule has 1 aliphatic rings. The van der Waals surface area contributed by atoms with Gasteiger partial charge in [-0.25, -0.2) is 4.79 Å². The van der Waals surface area contributed by atoms with E-state index in [1.54, 1.807) is 0 Å². The zero-order valence-corrected chi connectivity index (χ0v) is 13.6. The molecule has 0 spiro atoms. The van der Waals surface area contributed by atoms with E-state index in [2.05, 4.69) is 41.1 Å². The van der Waals surface area contributed by atoms with Gasteiger partial charge in [-0.3, -0.25) is 0 Å². The Morgan fingerprint density at radius 1 is 1.23 bits per heavy atom. The fourth-order valence-corrected chi connectivity index (χ4v) is 3.10. The Hall–Kier alpha value is -1.97. The van der Waals surface area contributed by atoms with Crippen LogP contribution in [0.3, 0.4) is 0 Å². The smallest absolute Gasteiger partial charge is 0.410 e. The molecule has 0 radical (unpaired) electrons. The number of rotatable bonds is 1. The van der Waals surface area contributed by atoms with Gasteiger partial charge >= 0.3 is 6.09 Å². The highest BCUT2D eigenvalue weighted by Gasteiger charge is 2.28. The standard InChI is InChI=1S/C18H24N2O2/c1-18(2,3)22-17(21)19-11-6-8-15(13-19)20-12-10-14-7-4-5-9-16(14)20/h4-5,7,9-10,12,15H,6,8,11,13H2,1-3H3. The summed E-state index contributed by atoms with van der Waals surface area (Å²) in [6.07, 6.45) is 4.04. The molecule has 1 aliphatic heterocycles. The van der Waals surface area contributed by atoms with E-state index in [0.29, 0.717) is 12.6 Å². The van der Waals surface area contributed by atoms with Crippen molar-refractivity contribution < 1.29 is 9.53 Å². The van der Waals surface area contributed by atoms with E-state index in [-0.39, 0.29) is 6.09 Å². The van der Waals surface area contributed by atoms with Gasteiger partial charge in [0, 0.05) is 24.8 Å². The number of fused-ring (bicyclic) bond motifs is 1. The molecule has 3 rings (SSSR count). The van der Waals surface area contributed by atoms with Crippen LogP contribution in [0.15, 0.2) is 36.5 Å². The lowest BCUT2D eigenvalue weighted by Gasteiger charge is -2.35. The number of likely N-dealkylation sites (tertiary alicyclic amines) is 1. The van der Waals surface area contributed by atoms with Crippen LogP contribution < -0.4 is 0 Å². The van der Waals surface area contributed by atoms with Crippen LogP contribution in [0.4, 0.5) is 4.79 Å². The molecule has 1 fully saturated rings. The van der Waals surface area contributed by atoms with E-state index >= 15 is 0 Å². The van der Waals surface area contributed by atoms with Crippen LogP contribution >= 0.6 is 0 Å². The van der Waals surface area contributed by atoms with Gasteiger partial charge in [0.25, 0.3) is 0 Å². The summed E-state index contributed by atoms with van der Waals surface area (Å²) in [5.41, 5.74) is 0.794. The molecule has 1 aromatic heterocycles. The Balaban J connectivity index is 1.77. The fraction of sp³-hybridized carbons (Fsp3) is 0.500. The first-order valence-electron chi connectivity index (χ1n) is 7.97. The lowest BCUT2D eigenvalue weighted by atomic mass is 10.1. The van der Waals surface area contributed by atoms with Gasteiger partial charge in [-0.05, 0) is 51.1 Å². The normalized spacial score (nSPS) is 19.4. The molecule has 1 unspecified atom stereocenters. The van der Waals surface area contributed by atoms with E-state index in [0.717, 1.165) is 19.4 Å². The molecular formula is C18H24N2O2. The van der Waals surface area contributed by atoms with E-state index < -0.39 is 5.60 Å². The van der Waals surface area contributed by atoms with Crippen molar-refractivity contribution in [3.8, 4) is 0 Å². The van der Waals surface area contributed by atoms with Gasteiger partial charge in [-0.15, -0.1) is 0 Å².